The van der Waals surface area contributed by atoms with Crippen LogP contribution in [0.15, 0.2) is 0 Å². The van der Waals surface area contributed by atoms with Crippen molar-refractivity contribution < 1.29 is 26.7 Å². The van der Waals surface area contributed by atoms with Crippen LogP contribution in [-0.2, 0) is 0 Å². The van der Waals surface area contributed by atoms with E-state index in [1.54, 1.807) is 0 Å². The van der Waals surface area contributed by atoms with Gasteiger partial charge in [0.15, 0.2) is 5.75 Å². The summed E-state index contributed by atoms with van der Waals surface area (Å²) in [7, 11) is 0. The Bertz CT molecular complexity index is 443. The van der Waals surface area contributed by atoms with Crippen molar-refractivity contribution in [2.75, 3.05) is 13.1 Å². The topological polar surface area (TPSA) is 21.3 Å². The van der Waals surface area contributed by atoms with Gasteiger partial charge >= 0.3 is 0 Å². The molecule has 1 N–H and O–H groups in total. The summed E-state index contributed by atoms with van der Waals surface area (Å²) < 4.78 is 70.6. The zero-order valence-corrected chi connectivity index (χ0v) is 9.91. The Kier molecular flexibility index (Phi) is 4.24. The van der Waals surface area contributed by atoms with E-state index in [1.807, 2.05) is 0 Å². The summed E-state index contributed by atoms with van der Waals surface area (Å²) in [5, 5.41) is 3.05. The van der Waals surface area contributed by atoms with E-state index in [1.165, 1.54) is 0 Å². The second kappa shape index (κ2) is 5.73. The minimum atomic E-state index is -2.18. The molecule has 0 bridgehead atoms. The van der Waals surface area contributed by atoms with Crippen LogP contribution in [0.1, 0.15) is 19.3 Å². The molecule has 0 aliphatic carbocycles. The fourth-order valence-electron chi connectivity index (χ4n) is 1.96. The Balaban J connectivity index is 2.29. The van der Waals surface area contributed by atoms with Crippen LogP contribution < -0.4 is 10.1 Å². The first-order valence-corrected chi connectivity index (χ1v) is 5.91. The zero-order chi connectivity index (χ0) is 14.0. The average molecular weight is 281 g/mol. The molecule has 1 heterocycles. The van der Waals surface area contributed by atoms with Gasteiger partial charge in [-0.25, -0.2) is 13.2 Å². The van der Waals surface area contributed by atoms with Crippen molar-refractivity contribution in [1.29, 1.82) is 0 Å². The Morgan fingerprint density at radius 2 is 1.37 bits per heavy atom. The highest BCUT2D eigenvalue weighted by atomic mass is 19.2. The molecule has 1 aliphatic heterocycles. The van der Waals surface area contributed by atoms with E-state index in [2.05, 4.69) is 5.32 Å². The monoisotopic (exact) mass is 281 g/mol. The van der Waals surface area contributed by atoms with Crippen LogP contribution in [-0.4, -0.2) is 19.2 Å². The van der Waals surface area contributed by atoms with Crippen molar-refractivity contribution >= 4 is 0 Å². The number of benzene rings is 1. The number of rotatable bonds is 2. The molecule has 1 atom stereocenters. The van der Waals surface area contributed by atoms with E-state index in [4.69, 9.17) is 4.74 Å². The van der Waals surface area contributed by atoms with Gasteiger partial charge in [-0.1, -0.05) is 0 Å². The molecule has 2 rings (SSSR count). The molecule has 1 fully saturated rings. The summed E-state index contributed by atoms with van der Waals surface area (Å²) in [6.45, 7) is 1.30. The lowest BCUT2D eigenvalue weighted by Crippen LogP contribution is -2.21. The molecule has 1 aromatic rings. The quantitative estimate of drug-likeness (QED) is 0.511. The molecule has 0 spiro atoms. The van der Waals surface area contributed by atoms with Crippen LogP contribution in [0.25, 0.3) is 0 Å². The lowest BCUT2D eigenvalue weighted by molar-refractivity contribution is 0.164. The normalized spacial score (nSPS) is 20.2. The number of halogens is 5. The maximum Gasteiger partial charge on any atom is 0.207 e. The first-order valence-electron chi connectivity index (χ1n) is 5.91. The molecule has 0 radical (unpaired) electrons. The maximum atomic E-state index is 13.4. The summed E-state index contributed by atoms with van der Waals surface area (Å²) in [5.41, 5.74) is 0. The molecule has 1 saturated heterocycles. The minimum absolute atomic E-state index is 0.444. The largest absolute Gasteiger partial charge is 0.484 e. The molecule has 0 amide bonds. The number of hydrogen-bond acceptors (Lipinski definition) is 2. The van der Waals surface area contributed by atoms with E-state index >= 15 is 0 Å². The summed E-state index contributed by atoms with van der Waals surface area (Å²) in [6, 6.07) is 0. The summed E-state index contributed by atoms with van der Waals surface area (Å²) in [4.78, 5) is 0. The predicted molar refractivity (Wildman–Crippen MR) is 57.4 cm³/mol. The van der Waals surface area contributed by atoms with Gasteiger partial charge in [0.25, 0.3) is 0 Å². The van der Waals surface area contributed by atoms with Crippen molar-refractivity contribution in [3.8, 4) is 5.75 Å². The Morgan fingerprint density at radius 3 is 2.00 bits per heavy atom. The molecule has 0 saturated carbocycles. The fourth-order valence-corrected chi connectivity index (χ4v) is 1.96. The van der Waals surface area contributed by atoms with E-state index in [0.717, 1.165) is 6.54 Å². The van der Waals surface area contributed by atoms with Crippen LogP contribution >= 0.6 is 0 Å². The average Bonchev–Trinajstić information content (AvgIpc) is 2.68. The number of hydrogen-bond donors (Lipinski definition) is 1. The van der Waals surface area contributed by atoms with Crippen LogP contribution in [0, 0.1) is 29.1 Å². The lowest BCUT2D eigenvalue weighted by Gasteiger charge is -2.18. The molecule has 1 aromatic carbocycles. The molecular weight excluding hydrogens is 269 g/mol. The van der Waals surface area contributed by atoms with Gasteiger partial charge in [0, 0.05) is 0 Å². The third-order valence-electron chi connectivity index (χ3n) is 2.98. The van der Waals surface area contributed by atoms with Crippen LogP contribution in [0.5, 0.6) is 5.75 Å². The molecule has 0 aromatic heterocycles. The summed E-state index contributed by atoms with van der Waals surface area (Å²) in [5.74, 6) is -11.2. The highest BCUT2D eigenvalue weighted by Gasteiger charge is 2.28. The van der Waals surface area contributed by atoms with Gasteiger partial charge in [0.1, 0.15) is 6.10 Å². The fraction of sp³-hybridized carbons (Fsp3) is 0.500. The third kappa shape index (κ3) is 2.80. The molecule has 106 valence electrons. The Hall–Kier alpha value is -1.37. The standard InChI is InChI=1S/C12H12F5NO/c13-7-8(14)10(16)12(11(17)9(7)15)19-6-2-1-4-18-5-3-6/h6,18H,1-5H2. The highest BCUT2D eigenvalue weighted by Crippen LogP contribution is 2.30. The Labute approximate surface area is 106 Å². The van der Waals surface area contributed by atoms with Crippen LogP contribution in [0.3, 0.4) is 0 Å². The van der Waals surface area contributed by atoms with Crippen LogP contribution in [0.4, 0.5) is 22.0 Å². The summed E-state index contributed by atoms with van der Waals surface area (Å²) >= 11 is 0. The highest BCUT2D eigenvalue weighted by molar-refractivity contribution is 5.30. The van der Waals surface area contributed by atoms with E-state index in [9.17, 15) is 22.0 Å². The molecule has 1 aliphatic rings. The second-order valence-corrected chi connectivity index (χ2v) is 4.32. The van der Waals surface area contributed by atoms with Gasteiger partial charge in [0.2, 0.25) is 29.1 Å². The maximum absolute atomic E-state index is 13.4. The summed E-state index contributed by atoms with van der Waals surface area (Å²) in [6.07, 6.45) is 1.08. The van der Waals surface area contributed by atoms with Crippen molar-refractivity contribution in [3.05, 3.63) is 29.1 Å². The zero-order valence-electron chi connectivity index (χ0n) is 9.91. The molecule has 7 heteroatoms. The van der Waals surface area contributed by atoms with Gasteiger partial charge in [-0.15, -0.1) is 0 Å². The van der Waals surface area contributed by atoms with Crippen molar-refractivity contribution in [1.82, 2.24) is 5.32 Å². The van der Waals surface area contributed by atoms with Crippen LogP contribution in [0.2, 0.25) is 0 Å². The minimum Gasteiger partial charge on any atom is -0.484 e. The Morgan fingerprint density at radius 1 is 0.789 bits per heavy atom. The molecular formula is C12H12F5NO. The van der Waals surface area contributed by atoms with E-state index in [-0.39, 0.29) is 0 Å². The van der Waals surface area contributed by atoms with Gasteiger partial charge in [-0.2, -0.15) is 8.78 Å². The van der Waals surface area contributed by atoms with Crippen molar-refractivity contribution in [3.63, 3.8) is 0 Å². The van der Waals surface area contributed by atoms with Gasteiger partial charge < -0.3 is 10.1 Å². The number of nitrogens with one attached hydrogen (secondary N) is 1. The molecule has 1 unspecified atom stereocenters. The number of ether oxygens (including phenoxy) is 1. The van der Waals surface area contributed by atoms with Crippen molar-refractivity contribution in [2.24, 2.45) is 0 Å². The second-order valence-electron chi connectivity index (χ2n) is 4.32. The van der Waals surface area contributed by atoms with E-state index < -0.39 is 40.9 Å². The van der Waals surface area contributed by atoms with Gasteiger partial charge in [-0.3, -0.25) is 0 Å². The molecule has 2 nitrogen and oxygen atoms in total. The molecule has 19 heavy (non-hydrogen) atoms. The van der Waals surface area contributed by atoms with Crippen molar-refractivity contribution in [2.45, 2.75) is 25.4 Å². The third-order valence-corrected chi connectivity index (χ3v) is 2.98. The SMILES string of the molecule is Fc1c(F)c(F)c(OC2CCCNCC2)c(F)c1F. The first kappa shape index (κ1) is 14.0. The predicted octanol–water partition coefficient (Wildman–Crippen LogP) is 2.90. The van der Waals surface area contributed by atoms with E-state index in [0.29, 0.717) is 25.8 Å². The van der Waals surface area contributed by atoms with Gasteiger partial charge in [0.05, 0.1) is 0 Å². The first-order chi connectivity index (χ1) is 9.02. The smallest absolute Gasteiger partial charge is 0.207 e. The van der Waals surface area contributed by atoms with Gasteiger partial charge in [-0.05, 0) is 32.4 Å². The lowest BCUT2D eigenvalue weighted by atomic mass is 10.1.